The molecule has 0 rings (SSSR count). The van der Waals surface area contributed by atoms with Crippen molar-refractivity contribution in [3.8, 4) is 0 Å². The zero-order valence-electron chi connectivity index (χ0n) is 7.91. The van der Waals surface area contributed by atoms with Crippen LogP contribution in [-0.4, -0.2) is 49.0 Å². The fraction of sp³-hybridized carbons (Fsp3) is 0.500. The maximum atomic E-state index is 10.1. The van der Waals surface area contributed by atoms with E-state index < -0.39 is 16.3 Å². The summed E-state index contributed by atoms with van der Waals surface area (Å²) in [5.74, 6) is -0.392. The van der Waals surface area contributed by atoms with E-state index in [1.807, 2.05) is 19.0 Å². The van der Waals surface area contributed by atoms with Crippen molar-refractivity contribution in [2.75, 3.05) is 20.6 Å². The van der Waals surface area contributed by atoms with E-state index in [0.717, 1.165) is 6.54 Å². The van der Waals surface area contributed by atoms with Crippen LogP contribution >= 0.6 is 0 Å². The van der Waals surface area contributed by atoms with Gasteiger partial charge in [0, 0.05) is 6.54 Å². The average Bonchev–Trinajstić information content (AvgIpc) is 1.80. The normalized spacial score (nSPS) is 11.2. The summed E-state index contributed by atoms with van der Waals surface area (Å²) < 4.78 is 31.6. The van der Waals surface area contributed by atoms with Gasteiger partial charge >= 0.3 is 10.4 Å². The zero-order valence-corrected chi connectivity index (χ0v) is 8.73. The predicted molar refractivity (Wildman–Crippen MR) is 51.1 cm³/mol. The first-order chi connectivity index (χ1) is 6.13. The molecule has 4 N–H and O–H groups in total. The standard InChI is InChI=1S/C6H12N2O.H2O4S/c1-8(2)5-3-4-6(7)9;1-5(2,3)4/h3-4H,5H2,1-2H3,(H2,7,9);(H2,1,2,3,4). The monoisotopic (exact) mass is 226 g/mol. The fourth-order valence-electron chi connectivity index (χ4n) is 0.380. The van der Waals surface area contributed by atoms with E-state index in [1.54, 1.807) is 6.08 Å². The van der Waals surface area contributed by atoms with Crippen molar-refractivity contribution in [2.24, 2.45) is 5.73 Å². The minimum absolute atomic E-state index is 0.392. The molecule has 0 spiro atoms. The quantitative estimate of drug-likeness (QED) is 0.416. The number of amides is 1. The Bertz CT molecular complexity index is 275. The lowest BCUT2D eigenvalue weighted by Gasteiger charge is -2.02. The molecule has 0 saturated heterocycles. The molecule has 0 aromatic rings. The highest BCUT2D eigenvalue weighted by molar-refractivity contribution is 7.79. The van der Waals surface area contributed by atoms with Crippen LogP contribution in [0.1, 0.15) is 0 Å². The molecule has 0 aromatic heterocycles. The third-order valence-corrected chi connectivity index (χ3v) is 0.753. The van der Waals surface area contributed by atoms with Crippen molar-refractivity contribution in [2.45, 2.75) is 0 Å². The van der Waals surface area contributed by atoms with Crippen LogP contribution in [0.3, 0.4) is 0 Å². The van der Waals surface area contributed by atoms with Crippen LogP contribution in [0.15, 0.2) is 12.2 Å². The van der Waals surface area contributed by atoms with Crippen LogP contribution in [0.5, 0.6) is 0 Å². The molecule has 84 valence electrons. The number of hydrogen-bond acceptors (Lipinski definition) is 4. The maximum absolute atomic E-state index is 10.1. The average molecular weight is 226 g/mol. The van der Waals surface area contributed by atoms with Crippen LogP contribution in [0.25, 0.3) is 0 Å². The Balaban J connectivity index is 0. The van der Waals surface area contributed by atoms with E-state index in [0.29, 0.717) is 0 Å². The Labute approximate surface area is 82.8 Å². The minimum Gasteiger partial charge on any atom is -0.366 e. The maximum Gasteiger partial charge on any atom is 0.394 e. The first-order valence-electron chi connectivity index (χ1n) is 3.43. The molecule has 0 unspecified atom stereocenters. The second kappa shape index (κ2) is 7.44. The van der Waals surface area contributed by atoms with Gasteiger partial charge in [0.2, 0.25) is 5.91 Å². The van der Waals surface area contributed by atoms with E-state index in [4.69, 9.17) is 23.3 Å². The summed E-state index contributed by atoms with van der Waals surface area (Å²) in [4.78, 5) is 12.0. The van der Waals surface area contributed by atoms with Crippen LogP contribution in [0, 0.1) is 0 Å². The number of primary amides is 1. The van der Waals surface area contributed by atoms with Crippen molar-refractivity contribution in [3.05, 3.63) is 12.2 Å². The molecule has 0 fully saturated rings. The summed E-state index contributed by atoms with van der Waals surface area (Å²) in [7, 11) is -0.823. The Morgan fingerprint density at radius 2 is 1.79 bits per heavy atom. The molecule has 0 aromatic carbocycles. The Morgan fingerprint density at radius 3 is 2.00 bits per heavy atom. The smallest absolute Gasteiger partial charge is 0.366 e. The van der Waals surface area contributed by atoms with Crippen molar-refractivity contribution in [1.29, 1.82) is 0 Å². The summed E-state index contributed by atoms with van der Waals surface area (Å²) in [6.45, 7) is 0.753. The van der Waals surface area contributed by atoms with Gasteiger partial charge in [-0.05, 0) is 20.2 Å². The van der Waals surface area contributed by atoms with Gasteiger partial charge in [0.1, 0.15) is 0 Å². The lowest BCUT2D eigenvalue weighted by molar-refractivity contribution is -0.113. The number of hydrogen-bond donors (Lipinski definition) is 3. The molecule has 0 atom stereocenters. The minimum atomic E-state index is -4.67. The summed E-state index contributed by atoms with van der Waals surface area (Å²) in [5.41, 5.74) is 4.83. The number of nitrogens with zero attached hydrogens (tertiary/aromatic N) is 1. The molecule has 0 aliphatic heterocycles. The van der Waals surface area contributed by atoms with Gasteiger partial charge in [-0.2, -0.15) is 8.42 Å². The number of nitrogens with two attached hydrogens (primary N) is 1. The number of rotatable bonds is 3. The van der Waals surface area contributed by atoms with Gasteiger partial charge in [-0.25, -0.2) is 0 Å². The third-order valence-electron chi connectivity index (χ3n) is 0.753. The van der Waals surface area contributed by atoms with E-state index in [1.165, 1.54) is 6.08 Å². The largest absolute Gasteiger partial charge is 0.394 e. The molecule has 0 aliphatic carbocycles. The van der Waals surface area contributed by atoms with E-state index in [-0.39, 0.29) is 0 Å². The number of carbonyl (C=O) groups is 1. The first kappa shape index (κ1) is 15.5. The lowest BCUT2D eigenvalue weighted by Crippen LogP contribution is -2.12. The molecular weight excluding hydrogens is 212 g/mol. The molecule has 0 radical (unpaired) electrons. The molecule has 8 heteroatoms. The van der Waals surface area contributed by atoms with E-state index in [2.05, 4.69) is 0 Å². The third kappa shape index (κ3) is 43.8. The Kier molecular flexibility index (Phi) is 8.25. The molecule has 0 bridgehead atoms. The topological polar surface area (TPSA) is 121 Å². The Morgan fingerprint density at radius 1 is 1.43 bits per heavy atom. The summed E-state index contributed by atoms with van der Waals surface area (Å²) >= 11 is 0. The van der Waals surface area contributed by atoms with Gasteiger partial charge in [0.25, 0.3) is 0 Å². The summed E-state index contributed by atoms with van der Waals surface area (Å²) in [6.07, 6.45) is 3.09. The van der Waals surface area contributed by atoms with Crippen LogP contribution in [0.4, 0.5) is 0 Å². The van der Waals surface area contributed by atoms with E-state index >= 15 is 0 Å². The highest BCUT2D eigenvalue weighted by Crippen LogP contribution is 1.75. The molecule has 14 heavy (non-hydrogen) atoms. The highest BCUT2D eigenvalue weighted by Gasteiger charge is 1.85. The van der Waals surface area contributed by atoms with Crippen LogP contribution < -0.4 is 5.73 Å². The second-order valence-corrected chi connectivity index (χ2v) is 3.41. The van der Waals surface area contributed by atoms with Gasteiger partial charge in [-0.1, -0.05) is 6.08 Å². The van der Waals surface area contributed by atoms with Crippen LogP contribution in [-0.2, 0) is 15.2 Å². The molecule has 0 heterocycles. The SMILES string of the molecule is CN(C)CC=CC(N)=O.O=S(=O)(O)O. The fourth-order valence-corrected chi connectivity index (χ4v) is 0.380. The second-order valence-electron chi connectivity index (χ2n) is 2.51. The van der Waals surface area contributed by atoms with Gasteiger partial charge in [-0.3, -0.25) is 13.9 Å². The van der Waals surface area contributed by atoms with Crippen molar-refractivity contribution >= 4 is 16.3 Å². The van der Waals surface area contributed by atoms with Gasteiger partial charge in [0.05, 0.1) is 0 Å². The van der Waals surface area contributed by atoms with Crippen molar-refractivity contribution in [1.82, 2.24) is 4.90 Å². The molecule has 1 amide bonds. The molecule has 0 saturated carbocycles. The summed E-state index contributed by atoms with van der Waals surface area (Å²) in [6, 6.07) is 0. The molecule has 0 aliphatic rings. The molecule has 7 nitrogen and oxygen atoms in total. The van der Waals surface area contributed by atoms with Crippen molar-refractivity contribution in [3.63, 3.8) is 0 Å². The van der Waals surface area contributed by atoms with Crippen LogP contribution in [0.2, 0.25) is 0 Å². The lowest BCUT2D eigenvalue weighted by atomic mass is 10.4. The Hall–Kier alpha value is -0.960. The molecular formula is C6H14N2O5S. The zero-order chi connectivity index (χ0) is 11.8. The van der Waals surface area contributed by atoms with Gasteiger partial charge in [0.15, 0.2) is 0 Å². The summed E-state index contributed by atoms with van der Waals surface area (Å²) in [5, 5.41) is 0. The van der Waals surface area contributed by atoms with Crippen molar-refractivity contribution < 1.29 is 22.3 Å². The predicted octanol–water partition coefficient (Wildman–Crippen LogP) is -1.06. The number of carbonyl (C=O) groups excluding carboxylic acids is 1. The van der Waals surface area contributed by atoms with Gasteiger partial charge in [-0.15, -0.1) is 0 Å². The first-order valence-corrected chi connectivity index (χ1v) is 4.83. The van der Waals surface area contributed by atoms with Gasteiger partial charge < -0.3 is 10.6 Å². The van der Waals surface area contributed by atoms with E-state index in [9.17, 15) is 4.79 Å². The highest BCUT2D eigenvalue weighted by atomic mass is 32.3. The number of likely N-dealkylation sites (N-methyl/N-ethyl adjacent to an activating group) is 1.